The molecule has 0 spiro atoms. The number of hydrogen-bond acceptors (Lipinski definition) is 6. The van der Waals surface area contributed by atoms with Crippen LogP contribution < -0.4 is 15.7 Å². The van der Waals surface area contributed by atoms with E-state index in [1.54, 1.807) is 18.2 Å². The van der Waals surface area contributed by atoms with E-state index in [0.29, 0.717) is 28.7 Å². The van der Waals surface area contributed by atoms with Gasteiger partial charge >= 0.3 is 11.6 Å². The van der Waals surface area contributed by atoms with E-state index in [4.69, 9.17) is 13.9 Å². The lowest BCUT2D eigenvalue weighted by atomic mass is 10.0. The topological polar surface area (TPSA) is 94.8 Å². The molecule has 0 aliphatic rings. The van der Waals surface area contributed by atoms with Crippen LogP contribution in [-0.2, 0) is 27.2 Å². The van der Waals surface area contributed by atoms with Gasteiger partial charge in [0.15, 0.2) is 0 Å². The lowest BCUT2D eigenvalue weighted by molar-refractivity contribution is -0.145. The zero-order chi connectivity index (χ0) is 21.5. The predicted molar refractivity (Wildman–Crippen MR) is 111 cm³/mol. The van der Waals surface area contributed by atoms with Crippen LogP contribution in [0.1, 0.15) is 17.5 Å². The van der Waals surface area contributed by atoms with Crippen LogP contribution in [0.5, 0.6) is 5.75 Å². The molecule has 1 amide bonds. The number of benzene rings is 2. The molecule has 3 aromatic rings. The van der Waals surface area contributed by atoms with Gasteiger partial charge in [0.1, 0.15) is 17.4 Å². The molecule has 7 nitrogen and oxygen atoms in total. The van der Waals surface area contributed by atoms with E-state index in [-0.39, 0.29) is 18.7 Å². The van der Waals surface area contributed by atoms with Gasteiger partial charge in [-0.15, -0.1) is 0 Å². The summed E-state index contributed by atoms with van der Waals surface area (Å²) in [4.78, 5) is 36.7. The molecule has 1 N–H and O–H groups in total. The van der Waals surface area contributed by atoms with E-state index < -0.39 is 17.6 Å². The Balaban J connectivity index is 1.79. The van der Waals surface area contributed by atoms with Gasteiger partial charge in [-0.25, -0.2) is 9.59 Å². The Morgan fingerprint density at radius 3 is 2.53 bits per heavy atom. The van der Waals surface area contributed by atoms with E-state index >= 15 is 0 Å². The highest BCUT2D eigenvalue weighted by Crippen LogP contribution is 2.23. The molecule has 1 aromatic heterocycles. The molecular weight excluding hydrogens is 386 g/mol. The first-order chi connectivity index (χ1) is 14.5. The summed E-state index contributed by atoms with van der Waals surface area (Å²) < 4.78 is 15.3. The number of rotatable bonds is 8. The van der Waals surface area contributed by atoms with Crippen LogP contribution in [0.2, 0.25) is 0 Å². The van der Waals surface area contributed by atoms with Gasteiger partial charge in [0.25, 0.3) is 0 Å². The Morgan fingerprint density at radius 1 is 1.07 bits per heavy atom. The summed E-state index contributed by atoms with van der Waals surface area (Å²) in [6, 6.07) is 15.1. The van der Waals surface area contributed by atoms with E-state index in [1.165, 1.54) is 20.3 Å². The van der Waals surface area contributed by atoms with Crippen LogP contribution in [0.25, 0.3) is 11.0 Å². The van der Waals surface area contributed by atoms with Crippen molar-refractivity contribution in [3.63, 3.8) is 0 Å². The van der Waals surface area contributed by atoms with Crippen molar-refractivity contribution in [2.24, 2.45) is 0 Å². The summed E-state index contributed by atoms with van der Waals surface area (Å²) in [5.41, 5.74) is 1.39. The Hall–Kier alpha value is -3.61. The van der Waals surface area contributed by atoms with Crippen molar-refractivity contribution in [2.45, 2.75) is 25.3 Å². The summed E-state index contributed by atoms with van der Waals surface area (Å²) >= 11 is 0. The highest BCUT2D eigenvalue weighted by molar-refractivity contribution is 5.86. The highest BCUT2D eigenvalue weighted by Gasteiger charge is 2.23. The number of hydrogen-bond donors (Lipinski definition) is 1. The molecule has 0 bridgehead atoms. The number of carbonyl (C=O) groups excluding carboxylic acids is 2. The number of methoxy groups -OCH3 is 2. The number of aryl methyl sites for hydroxylation is 1. The lowest BCUT2D eigenvalue weighted by Crippen LogP contribution is -2.43. The maximum atomic E-state index is 12.4. The molecule has 0 aliphatic carbocycles. The number of ether oxygens (including phenoxy) is 2. The molecule has 0 saturated carbocycles. The summed E-state index contributed by atoms with van der Waals surface area (Å²) in [6.07, 6.45) is 0.878. The van der Waals surface area contributed by atoms with Crippen molar-refractivity contribution < 1.29 is 23.5 Å². The van der Waals surface area contributed by atoms with Crippen molar-refractivity contribution in [3.05, 3.63) is 76.1 Å². The summed E-state index contributed by atoms with van der Waals surface area (Å²) in [7, 11) is 2.77. The van der Waals surface area contributed by atoms with E-state index in [9.17, 15) is 14.4 Å². The third-order valence-electron chi connectivity index (χ3n) is 4.77. The predicted octanol–water partition coefficient (Wildman–Crippen LogP) is 2.63. The van der Waals surface area contributed by atoms with Crippen molar-refractivity contribution in [1.29, 1.82) is 0 Å². The standard InChI is InChI=1S/C23H23NO6/c1-28-17-9-10-18-16(13-22(26)30-20(18)14-17)12-19(23(27)29-2)24-21(25)11-8-15-6-4-3-5-7-15/h3-7,9-10,13-14,19H,8,11-12H2,1-2H3,(H,24,25)/t19-/m1/s1. The zero-order valence-electron chi connectivity index (χ0n) is 16.8. The minimum atomic E-state index is -0.926. The highest BCUT2D eigenvalue weighted by atomic mass is 16.5. The van der Waals surface area contributed by atoms with E-state index in [1.807, 2.05) is 30.3 Å². The van der Waals surface area contributed by atoms with Crippen LogP contribution >= 0.6 is 0 Å². The molecule has 1 heterocycles. The minimum absolute atomic E-state index is 0.0954. The van der Waals surface area contributed by atoms with Crippen LogP contribution in [0.4, 0.5) is 0 Å². The lowest BCUT2D eigenvalue weighted by Gasteiger charge is -2.17. The number of nitrogens with one attached hydrogen (secondary N) is 1. The number of carbonyl (C=O) groups is 2. The maximum Gasteiger partial charge on any atom is 0.336 e. The Labute approximate surface area is 173 Å². The first kappa shape index (κ1) is 21.1. The number of amides is 1. The molecule has 2 aromatic carbocycles. The summed E-state index contributed by atoms with van der Waals surface area (Å²) in [5, 5.41) is 3.38. The minimum Gasteiger partial charge on any atom is -0.497 e. The largest absolute Gasteiger partial charge is 0.497 e. The Bertz CT molecular complexity index is 1090. The molecular formula is C23H23NO6. The second-order valence-corrected chi connectivity index (χ2v) is 6.79. The third kappa shape index (κ3) is 5.26. The first-order valence-corrected chi connectivity index (χ1v) is 9.52. The molecule has 0 aliphatic heterocycles. The van der Waals surface area contributed by atoms with E-state index in [0.717, 1.165) is 5.56 Å². The number of esters is 1. The second kappa shape index (κ2) is 9.73. The van der Waals surface area contributed by atoms with Crippen molar-refractivity contribution >= 4 is 22.8 Å². The quantitative estimate of drug-likeness (QED) is 0.454. The molecule has 30 heavy (non-hydrogen) atoms. The van der Waals surface area contributed by atoms with Gasteiger partial charge < -0.3 is 19.2 Å². The molecule has 3 rings (SSSR count). The summed E-state index contributed by atoms with van der Waals surface area (Å²) in [5.74, 6) is -0.317. The van der Waals surface area contributed by atoms with Crippen LogP contribution in [0.15, 0.2) is 63.8 Å². The molecule has 0 unspecified atom stereocenters. The van der Waals surface area contributed by atoms with Gasteiger partial charge in [-0.2, -0.15) is 0 Å². The fraction of sp³-hybridized carbons (Fsp3) is 0.261. The van der Waals surface area contributed by atoms with Crippen molar-refractivity contribution in [1.82, 2.24) is 5.32 Å². The second-order valence-electron chi connectivity index (χ2n) is 6.79. The van der Waals surface area contributed by atoms with Gasteiger partial charge in [0, 0.05) is 30.4 Å². The van der Waals surface area contributed by atoms with Gasteiger partial charge in [-0.05, 0) is 29.7 Å². The number of fused-ring (bicyclic) bond motifs is 1. The molecule has 7 heteroatoms. The zero-order valence-corrected chi connectivity index (χ0v) is 16.8. The normalized spacial score (nSPS) is 11.7. The maximum absolute atomic E-state index is 12.4. The average Bonchev–Trinajstić information content (AvgIpc) is 2.76. The Kier molecular flexibility index (Phi) is 6.85. The SMILES string of the molecule is COC(=O)[C@@H](Cc1cc(=O)oc2cc(OC)ccc12)NC(=O)CCc1ccccc1. The van der Waals surface area contributed by atoms with Crippen molar-refractivity contribution in [3.8, 4) is 5.75 Å². The molecule has 1 atom stereocenters. The smallest absolute Gasteiger partial charge is 0.336 e. The van der Waals surface area contributed by atoms with Gasteiger partial charge in [0.2, 0.25) is 5.91 Å². The monoisotopic (exact) mass is 409 g/mol. The van der Waals surface area contributed by atoms with Crippen molar-refractivity contribution in [2.75, 3.05) is 14.2 Å². The van der Waals surface area contributed by atoms with E-state index in [2.05, 4.69) is 5.32 Å². The first-order valence-electron chi connectivity index (χ1n) is 9.52. The van der Waals surface area contributed by atoms with Crippen LogP contribution in [0, 0.1) is 0 Å². The van der Waals surface area contributed by atoms with Gasteiger partial charge in [-0.1, -0.05) is 30.3 Å². The molecule has 0 fully saturated rings. The fourth-order valence-corrected chi connectivity index (χ4v) is 3.23. The van der Waals surface area contributed by atoms with Gasteiger partial charge in [-0.3, -0.25) is 4.79 Å². The molecule has 0 saturated heterocycles. The Morgan fingerprint density at radius 2 is 1.83 bits per heavy atom. The molecule has 0 radical (unpaired) electrons. The van der Waals surface area contributed by atoms with Crippen LogP contribution in [0.3, 0.4) is 0 Å². The van der Waals surface area contributed by atoms with Crippen LogP contribution in [-0.4, -0.2) is 32.1 Å². The van der Waals surface area contributed by atoms with Gasteiger partial charge in [0.05, 0.1) is 14.2 Å². The third-order valence-corrected chi connectivity index (χ3v) is 4.77. The summed E-state index contributed by atoms with van der Waals surface area (Å²) in [6.45, 7) is 0. The fourth-order valence-electron chi connectivity index (χ4n) is 3.23. The molecule has 156 valence electrons. The average molecular weight is 409 g/mol.